The second kappa shape index (κ2) is 4.06. The van der Waals surface area contributed by atoms with E-state index in [-0.39, 0.29) is 11.5 Å². The molecule has 0 spiro atoms. The van der Waals surface area contributed by atoms with Crippen molar-refractivity contribution in [1.82, 2.24) is 5.16 Å². The van der Waals surface area contributed by atoms with Crippen molar-refractivity contribution >= 4 is 21.5 Å². The standard InChI is InChI=1S/C9H8FN3O3S/c10-7-5-6(11)1-2-8(7)17(14,15)13-9-3-4-16-12-9/h1-5H,11H2,(H,12,13). The van der Waals surface area contributed by atoms with E-state index in [1.807, 2.05) is 0 Å². The van der Waals surface area contributed by atoms with Crippen LogP contribution in [0, 0.1) is 5.82 Å². The third kappa shape index (κ3) is 2.36. The number of aromatic nitrogens is 1. The van der Waals surface area contributed by atoms with Crippen molar-refractivity contribution in [3.8, 4) is 0 Å². The first-order valence-electron chi connectivity index (χ1n) is 4.47. The lowest BCUT2D eigenvalue weighted by atomic mass is 10.3. The summed E-state index contributed by atoms with van der Waals surface area (Å²) in [6.45, 7) is 0. The van der Waals surface area contributed by atoms with Crippen LogP contribution in [-0.2, 0) is 10.0 Å². The van der Waals surface area contributed by atoms with Crippen molar-refractivity contribution < 1.29 is 17.3 Å². The second-order valence-corrected chi connectivity index (χ2v) is 4.83. The van der Waals surface area contributed by atoms with Gasteiger partial charge < -0.3 is 10.3 Å². The van der Waals surface area contributed by atoms with Crippen LogP contribution in [0.15, 0.2) is 39.9 Å². The van der Waals surface area contributed by atoms with Crippen LogP contribution in [0.1, 0.15) is 0 Å². The molecule has 0 amide bonds. The lowest BCUT2D eigenvalue weighted by Gasteiger charge is -2.06. The number of hydrogen-bond acceptors (Lipinski definition) is 5. The fourth-order valence-electron chi connectivity index (χ4n) is 1.19. The van der Waals surface area contributed by atoms with Crippen LogP contribution in [0.5, 0.6) is 0 Å². The van der Waals surface area contributed by atoms with Crippen LogP contribution in [0.2, 0.25) is 0 Å². The van der Waals surface area contributed by atoms with Crippen LogP contribution in [0.3, 0.4) is 0 Å². The van der Waals surface area contributed by atoms with Gasteiger partial charge in [-0.3, -0.25) is 4.72 Å². The van der Waals surface area contributed by atoms with E-state index in [1.165, 1.54) is 18.4 Å². The fraction of sp³-hybridized carbons (Fsp3) is 0. The molecule has 1 heterocycles. The average Bonchev–Trinajstić information content (AvgIpc) is 2.68. The maximum absolute atomic E-state index is 13.4. The number of nitrogens with zero attached hydrogens (tertiary/aromatic N) is 1. The topological polar surface area (TPSA) is 98.2 Å². The van der Waals surface area contributed by atoms with Gasteiger partial charge in [0.05, 0.1) is 0 Å². The molecule has 6 nitrogen and oxygen atoms in total. The summed E-state index contributed by atoms with van der Waals surface area (Å²) in [5, 5.41) is 3.36. The molecule has 1 aromatic carbocycles. The van der Waals surface area contributed by atoms with Crippen LogP contribution in [0.4, 0.5) is 15.9 Å². The molecular weight excluding hydrogens is 249 g/mol. The molecule has 0 bridgehead atoms. The minimum Gasteiger partial charge on any atom is -0.399 e. The molecule has 0 unspecified atom stereocenters. The normalized spacial score (nSPS) is 11.4. The molecule has 3 N–H and O–H groups in total. The molecule has 0 aliphatic carbocycles. The molecule has 8 heteroatoms. The van der Waals surface area contributed by atoms with E-state index >= 15 is 0 Å². The Kier molecular flexibility index (Phi) is 2.72. The largest absolute Gasteiger partial charge is 0.399 e. The second-order valence-electron chi connectivity index (χ2n) is 3.18. The summed E-state index contributed by atoms with van der Waals surface area (Å²) in [5.74, 6) is -0.956. The maximum Gasteiger partial charge on any atom is 0.266 e. The number of hydrogen-bond donors (Lipinski definition) is 2. The summed E-state index contributed by atoms with van der Waals surface area (Å²) in [5.41, 5.74) is 5.47. The highest BCUT2D eigenvalue weighted by molar-refractivity contribution is 7.92. The minimum absolute atomic E-state index is 0.0266. The first-order valence-corrected chi connectivity index (χ1v) is 5.95. The Morgan fingerprint density at radius 2 is 2.12 bits per heavy atom. The number of benzene rings is 1. The van der Waals surface area contributed by atoms with Gasteiger partial charge in [0.25, 0.3) is 10.0 Å². The highest BCUT2D eigenvalue weighted by Gasteiger charge is 2.20. The Morgan fingerprint density at radius 3 is 2.71 bits per heavy atom. The van der Waals surface area contributed by atoms with Crippen LogP contribution in [-0.4, -0.2) is 13.6 Å². The van der Waals surface area contributed by atoms with E-state index in [2.05, 4.69) is 14.4 Å². The van der Waals surface area contributed by atoms with Gasteiger partial charge in [-0.2, -0.15) is 0 Å². The fourth-order valence-corrected chi connectivity index (χ4v) is 2.25. The Labute approximate surface area is 96.3 Å². The summed E-state index contributed by atoms with van der Waals surface area (Å²) in [6.07, 6.45) is 1.19. The number of anilines is 2. The first kappa shape index (κ1) is 11.4. The van der Waals surface area contributed by atoms with Gasteiger partial charge in [0.15, 0.2) is 5.82 Å². The van der Waals surface area contributed by atoms with Crippen LogP contribution >= 0.6 is 0 Å². The van der Waals surface area contributed by atoms with Gasteiger partial charge in [0.1, 0.15) is 17.0 Å². The molecule has 0 atom stereocenters. The monoisotopic (exact) mass is 257 g/mol. The summed E-state index contributed by atoms with van der Waals surface area (Å²) >= 11 is 0. The third-order valence-electron chi connectivity index (χ3n) is 1.92. The number of nitrogens with one attached hydrogen (secondary N) is 1. The van der Waals surface area contributed by atoms with Gasteiger partial charge in [0, 0.05) is 11.8 Å². The highest BCUT2D eigenvalue weighted by atomic mass is 32.2. The van der Waals surface area contributed by atoms with Crippen molar-refractivity contribution in [3.05, 3.63) is 36.3 Å². The molecule has 17 heavy (non-hydrogen) atoms. The number of nitrogen functional groups attached to an aromatic ring is 1. The zero-order valence-corrected chi connectivity index (χ0v) is 9.24. The van der Waals surface area contributed by atoms with Gasteiger partial charge in [-0.25, -0.2) is 12.8 Å². The maximum atomic E-state index is 13.4. The van der Waals surface area contributed by atoms with Crippen molar-refractivity contribution in [2.75, 3.05) is 10.5 Å². The Bertz CT molecular complexity index is 625. The zero-order chi connectivity index (χ0) is 12.5. The summed E-state index contributed by atoms with van der Waals surface area (Å²) in [4.78, 5) is -0.505. The molecule has 0 radical (unpaired) electrons. The lowest BCUT2D eigenvalue weighted by molar-refractivity contribution is 0.423. The quantitative estimate of drug-likeness (QED) is 0.805. The lowest BCUT2D eigenvalue weighted by Crippen LogP contribution is -2.14. The van der Waals surface area contributed by atoms with E-state index in [0.717, 1.165) is 12.1 Å². The van der Waals surface area contributed by atoms with E-state index < -0.39 is 20.7 Å². The minimum atomic E-state index is -4.03. The van der Waals surface area contributed by atoms with E-state index in [1.54, 1.807) is 0 Å². The number of nitrogens with two attached hydrogens (primary N) is 1. The molecular formula is C9H8FN3O3S. The van der Waals surface area contributed by atoms with Gasteiger partial charge in [-0.15, -0.1) is 0 Å². The van der Waals surface area contributed by atoms with E-state index in [9.17, 15) is 12.8 Å². The molecule has 0 saturated carbocycles. The number of sulfonamides is 1. The number of halogens is 1. The number of rotatable bonds is 3. The van der Waals surface area contributed by atoms with Gasteiger partial charge in [-0.05, 0) is 18.2 Å². The Hall–Kier alpha value is -2.09. The van der Waals surface area contributed by atoms with Crippen molar-refractivity contribution in [3.63, 3.8) is 0 Å². The third-order valence-corrected chi connectivity index (χ3v) is 3.31. The SMILES string of the molecule is Nc1ccc(S(=O)(=O)Nc2ccon2)c(F)c1. The van der Waals surface area contributed by atoms with Gasteiger partial charge in [-0.1, -0.05) is 5.16 Å². The molecule has 0 saturated heterocycles. The summed E-state index contributed by atoms with van der Waals surface area (Å²) in [6, 6.07) is 4.59. The molecule has 1 aromatic heterocycles. The highest BCUT2D eigenvalue weighted by Crippen LogP contribution is 2.19. The average molecular weight is 257 g/mol. The Morgan fingerprint density at radius 1 is 1.35 bits per heavy atom. The van der Waals surface area contributed by atoms with Crippen LogP contribution < -0.4 is 10.5 Å². The van der Waals surface area contributed by atoms with E-state index in [4.69, 9.17) is 5.73 Å². The predicted molar refractivity (Wildman–Crippen MR) is 58.1 cm³/mol. The van der Waals surface area contributed by atoms with Crippen molar-refractivity contribution in [2.24, 2.45) is 0 Å². The first-order chi connectivity index (χ1) is 7.99. The molecule has 2 aromatic rings. The summed E-state index contributed by atoms with van der Waals surface area (Å²) in [7, 11) is -4.03. The van der Waals surface area contributed by atoms with Crippen molar-refractivity contribution in [1.29, 1.82) is 0 Å². The molecule has 0 aliphatic rings. The Balaban J connectivity index is 2.38. The van der Waals surface area contributed by atoms with Gasteiger partial charge in [0.2, 0.25) is 0 Å². The zero-order valence-electron chi connectivity index (χ0n) is 8.42. The molecule has 0 aliphatic heterocycles. The summed E-state index contributed by atoms with van der Waals surface area (Å²) < 4.78 is 43.5. The molecule has 90 valence electrons. The van der Waals surface area contributed by atoms with E-state index in [0.29, 0.717) is 0 Å². The predicted octanol–water partition coefficient (Wildman–Crippen LogP) is 1.20. The molecule has 0 fully saturated rings. The molecule has 2 rings (SSSR count). The van der Waals surface area contributed by atoms with Gasteiger partial charge >= 0.3 is 0 Å². The van der Waals surface area contributed by atoms with Crippen molar-refractivity contribution in [2.45, 2.75) is 4.90 Å². The van der Waals surface area contributed by atoms with Crippen LogP contribution in [0.25, 0.3) is 0 Å². The smallest absolute Gasteiger partial charge is 0.266 e.